The van der Waals surface area contributed by atoms with Gasteiger partial charge < -0.3 is 9.84 Å². The van der Waals surface area contributed by atoms with Crippen LogP contribution in [0.15, 0.2) is 12.4 Å². The molecule has 0 radical (unpaired) electrons. The smallest absolute Gasteiger partial charge is 0.341 e. The van der Waals surface area contributed by atoms with E-state index in [-0.39, 0.29) is 5.88 Å². The van der Waals surface area contributed by atoms with Crippen LogP contribution in [0.2, 0.25) is 0 Å². The summed E-state index contributed by atoms with van der Waals surface area (Å²) in [4.78, 5) is 14.2. The Kier molecular flexibility index (Phi) is 2.20. The van der Waals surface area contributed by atoms with Gasteiger partial charge in [-0.15, -0.1) is 10.2 Å². The topological polar surface area (TPSA) is 89.6 Å². The fraction of sp³-hybridized carbons (Fsp3) is 0.250. The lowest BCUT2D eigenvalue weighted by atomic mass is 10.6. The van der Waals surface area contributed by atoms with Gasteiger partial charge in [0.15, 0.2) is 6.61 Å². The molecule has 0 bridgehead atoms. The van der Waals surface area contributed by atoms with E-state index in [2.05, 4.69) is 15.2 Å². The fourth-order valence-electron chi connectivity index (χ4n) is 1.15. The van der Waals surface area contributed by atoms with Crippen LogP contribution in [0, 0.1) is 6.92 Å². The number of carboxylic acids is 1. The molecule has 0 amide bonds. The summed E-state index contributed by atoms with van der Waals surface area (Å²) in [5.41, 5.74) is 0.413. The zero-order chi connectivity index (χ0) is 10.8. The molecule has 0 saturated carbocycles. The molecule has 0 fully saturated rings. The third-order valence-electron chi connectivity index (χ3n) is 1.80. The van der Waals surface area contributed by atoms with Gasteiger partial charge in [-0.25, -0.2) is 9.78 Å². The van der Waals surface area contributed by atoms with Crippen LogP contribution in [0.1, 0.15) is 5.82 Å². The lowest BCUT2D eigenvalue weighted by Crippen LogP contribution is -2.11. The molecule has 2 aromatic rings. The number of aromatic nitrogens is 4. The average Bonchev–Trinajstić information content (AvgIpc) is 2.58. The van der Waals surface area contributed by atoms with E-state index in [4.69, 9.17) is 9.84 Å². The molecule has 2 rings (SSSR count). The molecule has 1 N–H and O–H groups in total. The van der Waals surface area contributed by atoms with Crippen LogP contribution >= 0.6 is 0 Å². The molecule has 0 saturated heterocycles. The first kappa shape index (κ1) is 9.38. The van der Waals surface area contributed by atoms with E-state index < -0.39 is 12.6 Å². The number of ether oxygens (including phenoxy) is 1. The van der Waals surface area contributed by atoms with Crippen molar-refractivity contribution in [3.05, 3.63) is 18.2 Å². The number of aryl methyl sites for hydroxylation is 1. The first-order chi connectivity index (χ1) is 7.18. The van der Waals surface area contributed by atoms with Crippen LogP contribution < -0.4 is 4.74 Å². The van der Waals surface area contributed by atoms with Gasteiger partial charge in [0.2, 0.25) is 5.65 Å². The molecule has 0 unspecified atom stereocenters. The van der Waals surface area contributed by atoms with E-state index in [1.165, 1.54) is 6.20 Å². The van der Waals surface area contributed by atoms with Crippen LogP contribution in [-0.4, -0.2) is 37.3 Å². The van der Waals surface area contributed by atoms with Crippen molar-refractivity contribution >= 4 is 11.6 Å². The van der Waals surface area contributed by atoms with Crippen molar-refractivity contribution in [1.82, 2.24) is 19.6 Å². The standard InChI is InChI=1S/C8H8N4O3/c1-5-10-11-7-8(15-4-6(13)14)9-2-3-12(5)7/h2-3H,4H2,1H3,(H,13,14). The zero-order valence-corrected chi connectivity index (χ0v) is 7.91. The summed E-state index contributed by atoms with van der Waals surface area (Å²) in [6, 6.07) is 0. The third-order valence-corrected chi connectivity index (χ3v) is 1.80. The van der Waals surface area contributed by atoms with Gasteiger partial charge in [0.05, 0.1) is 0 Å². The van der Waals surface area contributed by atoms with E-state index in [1.54, 1.807) is 17.5 Å². The van der Waals surface area contributed by atoms with Crippen molar-refractivity contribution < 1.29 is 14.6 Å². The third kappa shape index (κ3) is 1.71. The molecule has 0 aromatic carbocycles. The van der Waals surface area contributed by atoms with Gasteiger partial charge in [0, 0.05) is 12.4 Å². The second-order valence-electron chi connectivity index (χ2n) is 2.86. The summed E-state index contributed by atoms with van der Waals surface area (Å²) >= 11 is 0. The molecule has 7 nitrogen and oxygen atoms in total. The molecule has 2 heterocycles. The quantitative estimate of drug-likeness (QED) is 0.757. The molecule has 0 atom stereocenters. The maximum absolute atomic E-state index is 10.3. The number of hydrogen-bond donors (Lipinski definition) is 1. The summed E-state index contributed by atoms with van der Waals surface area (Å²) in [7, 11) is 0. The van der Waals surface area contributed by atoms with E-state index in [0.29, 0.717) is 11.5 Å². The maximum Gasteiger partial charge on any atom is 0.341 e. The number of rotatable bonds is 3. The van der Waals surface area contributed by atoms with E-state index in [9.17, 15) is 4.79 Å². The summed E-state index contributed by atoms with van der Waals surface area (Å²) in [5, 5.41) is 16.1. The predicted octanol–water partition coefficient (Wildman–Crippen LogP) is -0.104. The highest BCUT2D eigenvalue weighted by Gasteiger charge is 2.09. The van der Waals surface area contributed by atoms with Gasteiger partial charge in [-0.3, -0.25) is 4.40 Å². The molecular formula is C8H8N4O3. The zero-order valence-electron chi connectivity index (χ0n) is 7.91. The van der Waals surface area contributed by atoms with E-state index >= 15 is 0 Å². The SMILES string of the molecule is Cc1nnc2c(OCC(=O)O)nccn12. The van der Waals surface area contributed by atoms with Crippen molar-refractivity contribution in [3.63, 3.8) is 0 Å². The normalized spacial score (nSPS) is 10.5. The summed E-state index contributed by atoms with van der Waals surface area (Å²) in [5.74, 6) is -0.205. The molecule has 0 aliphatic heterocycles. The largest absolute Gasteiger partial charge is 0.479 e. The molecule has 2 aromatic heterocycles. The Morgan fingerprint density at radius 1 is 1.60 bits per heavy atom. The Hall–Kier alpha value is -2.18. The molecule has 7 heteroatoms. The van der Waals surface area contributed by atoms with Gasteiger partial charge in [-0.2, -0.15) is 0 Å². The van der Waals surface area contributed by atoms with Crippen LogP contribution in [0.25, 0.3) is 5.65 Å². The minimum absolute atomic E-state index is 0.167. The Morgan fingerprint density at radius 2 is 2.40 bits per heavy atom. The molecule has 0 aliphatic carbocycles. The average molecular weight is 208 g/mol. The van der Waals surface area contributed by atoms with E-state index in [1.807, 2.05) is 0 Å². The second-order valence-corrected chi connectivity index (χ2v) is 2.86. The molecular weight excluding hydrogens is 200 g/mol. The maximum atomic E-state index is 10.3. The van der Waals surface area contributed by atoms with E-state index in [0.717, 1.165) is 0 Å². The number of aliphatic carboxylic acids is 1. The first-order valence-corrected chi connectivity index (χ1v) is 4.19. The number of nitrogens with zero attached hydrogens (tertiary/aromatic N) is 4. The lowest BCUT2D eigenvalue weighted by Gasteiger charge is -2.02. The molecule has 0 spiro atoms. The number of carboxylic acid groups (broad SMARTS) is 1. The van der Waals surface area contributed by atoms with Crippen LogP contribution in [-0.2, 0) is 4.79 Å². The minimum Gasteiger partial charge on any atom is -0.479 e. The second kappa shape index (κ2) is 3.52. The van der Waals surface area contributed by atoms with Crippen molar-refractivity contribution in [1.29, 1.82) is 0 Å². The monoisotopic (exact) mass is 208 g/mol. The van der Waals surface area contributed by atoms with Crippen LogP contribution in [0.3, 0.4) is 0 Å². The first-order valence-electron chi connectivity index (χ1n) is 4.19. The number of fused-ring (bicyclic) bond motifs is 1. The molecule has 15 heavy (non-hydrogen) atoms. The Labute approximate surface area is 84.3 Å². The highest BCUT2D eigenvalue weighted by Crippen LogP contribution is 2.13. The Morgan fingerprint density at radius 3 is 3.13 bits per heavy atom. The minimum atomic E-state index is -1.06. The van der Waals surface area contributed by atoms with Crippen LogP contribution in [0.4, 0.5) is 0 Å². The van der Waals surface area contributed by atoms with Gasteiger partial charge in [0.1, 0.15) is 5.82 Å². The van der Waals surface area contributed by atoms with Crippen LogP contribution in [0.5, 0.6) is 5.88 Å². The highest BCUT2D eigenvalue weighted by atomic mass is 16.5. The van der Waals surface area contributed by atoms with Crippen molar-refractivity contribution in [3.8, 4) is 5.88 Å². The van der Waals surface area contributed by atoms with Crippen molar-refractivity contribution in [2.75, 3.05) is 6.61 Å². The summed E-state index contributed by atoms with van der Waals surface area (Å²) < 4.78 is 6.63. The highest BCUT2D eigenvalue weighted by molar-refractivity contribution is 5.68. The van der Waals surface area contributed by atoms with Gasteiger partial charge in [-0.05, 0) is 6.92 Å². The summed E-state index contributed by atoms with van der Waals surface area (Å²) in [6.07, 6.45) is 3.18. The van der Waals surface area contributed by atoms with Crippen molar-refractivity contribution in [2.24, 2.45) is 0 Å². The van der Waals surface area contributed by atoms with Gasteiger partial charge >= 0.3 is 5.97 Å². The number of hydrogen-bond acceptors (Lipinski definition) is 5. The summed E-state index contributed by atoms with van der Waals surface area (Å²) in [6.45, 7) is 1.33. The lowest BCUT2D eigenvalue weighted by molar-refractivity contribution is -0.139. The fourth-order valence-corrected chi connectivity index (χ4v) is 1.15. The molecule has 0 aliphatic rings. The van der Waals surface area contributed by atoms with Gasteiger partial charge in [0.25, 0.3) is 5.88 Å². The van der Waals surface area contributed by atoms with Gasteiger partial charge in [-0.1, -0.05) is 0 Å². The Balaban J connectivity index is 2.38. The number of carbonyl (C=O) groups is 1. The van der Waals surface area contributed by atoms with Crippen molar-refractivity contribution in [2.45, 2.75) is 6.92 Å². The molecule has 78 valence electrons. The Bertz CT molecular complexity index is 508. The predicted molar refractivity (Wildman–Crippen MR) is 48.6 cm³/mol.